The van der Waals surface area contributed by atoms with Crippen LogP contribution >= 0.6 is 0 Å². The molecule has 0 aromatic carbocycles. The van der Waals surface area contributed by atoms with Crippen molar-refractivity contribution in [1.29, 1.82) is 0 Å². The summed E-state index contributed by atoms with van der Waals surface area (Å²) >= 11 is 0. The van der Waals surface area contributed by atoms with E-state index in [4.69, 9.17) is 0 Å². The third kappa shape index (κ3) is 6.23. The van der Waals surface area contributed by atoms with Crippen molar-refractivity contribution in [2.24, 2.45) is 0 Å². The predicted molar refractivity (Wildman–Crippen MR) is 81.7 cm³/mol. The van der Waals surface area contributed by atoms with E-state index in [2.05, 4.69) is 0 Å². The lowest BCUT2D eigenvalue weighted by atomic mass is 10.0. The first kappa shape index (κ1) is 34.7. The zero-order valence-electron chi connectivity index (χ0n) is 17.2. The number of rotatable bonds is 12. The lowest BCUT2D eigenvalue weighted by molar-refractivity contribution is -0.388. The molecule has 0 rings (SSSR count). The normalized spacial score (nSPS) is 15.0. The number of amides is 2. The Kier molecular flexibility index (Phi) is 9.79. The summed E-state index contributed by atoms with van der Waals surface area (Å²) in [4.78, 5) is 22.0. The van der Waals surface area contributed by atoms with Gasteiger partial charge >= 0.3 is 47.9 Å². The highest BCUT2D eigenvalue weighted by molar-refractivity contribution is 5.85. The highest BCUT2D eigenvalue weighted by Crippen LogP contribution is 2.54. The molecule has 220 valence electrons. The first-order valence-electron chi connectivity index (χ1n) is 9.02. The molecule has 2 N–H and O–H groups in total. The van der Waals surface area contributed by atoms with E-state index in [0.717, 1.165) is 10.6 Å². The number of carbonyl (C=O) groups excluding carboxylic acids is 2. The molecule has 0 radical (unpaired) electrons. The van der Waals surface area contributed by atoms with Gasteiger partial charge < -0.3 is 10.6 Å². The molecule has 2 amide bonds. The first-order valence-corrected chi connectivity index (χ1v) is 9.02. The fourth-order valence-electron chi connectivity index (χ4n) is 2.09. The fraction of sp³-hybridized carbons (Fsp3) is 0.867. The molecular formula is C15H12F18N2O2. The van der Waals surface area contributed by atoms with Gasteiger partial charge in [0.1, 0.15) is 0 Å². The Morgan fingerprint density at radius 3 is 0.865 bits per heavy atom. The van der Waals surface area contributed by atoms with E-state index >= 15 is 0 Å². The van der Waals surface area contributed by atoms with Gasteiger partial charge in [0.25, 0.3) is 11.8 Å². The minimum absolute atomic E-state index is 0.554. The first-order chi connectivity index (χ1) is 16.0. The largest absolute Gasteiger partial charge is 0.460 e. The van der Waals surface area contributed by atoms with E-state index in [1.54, 1.807) is 0 Å². The molecule has 0 unspecified atom stereocenters. The average molecular weight is 594 g/mol. The van der Waals surface area contributed by atoms with Crippen molar-refractivity contribution in [2.45, 2.75) is 67.2 Å². The Morgan fingerprint density at radius 2 is 0.649 bits per heavy atom. The smallest absolute Gasteiger partial charge is 0.351 e. The van der Waals surface area contributed by atoms with Gasteiger partial charge in [0, 0.05) is 13.1 Å². The van der Waals surface area contributed by atoms with Crippen molar-refractivity contribution in [1.82, 2.24) is 10.6 Å². The van der Waals surface area contributed by atoms with Crippen LogP contribution in [0.5, 0.6) is 0 Å². The molecule has 0 aromatic rings. The summed E-state index contributed by atoms with van der Waals surface area (Å²) in [5, 5.41) is 1.72. The van der Waals surface area contributed by atoms with Crippen LogP contribution in [0.25, 0.3) is 0 Å². The van der Waals surface area contributed by atoms with E-state index in [9.17, 15) is 88.6 Å². The van der Waals surface area contributed by atoms with Crippen LogP contribution in [0.1, 0.15) is 19.3 Å². The minimum atomic E-state index is -7.35. The SMILES string of the molecule is O=C(NCCCCCNC(=O)C(F)(F)C(F)(F)C(F)(F)C(F)(F)F)C(F)(F)C(F)(F)C(F)(F)C(F)(F)F. The topological polar surface area (TPSA) is 58.2 Å². The molecule has 0 aromatic heterocycles. The molecule has 0 saturated heterocycles. The second-order valence-electron chi connectivity index (χ2n) is 7.01. The predicted octanol–water partition coefficient (Wildman–Crippen LogP) is 5.33. The molecule has 0 aliphatic rings. The Balaban J connectivity index is 4.85. The molecule has 22 heteroatoms. The van der Waals surface area contributed by atoms with Crippen LogP contribution < -0.4 is 10.6 Å². The van der Waals surface area contributed by atoms with Crippen LogP contribution in [0.2, 0.25) is 0 Å². The second kappa shape index (κ2) is 10.4. The maximum absolute atomic E-state index is 13.3. The lowest BCUT2D eigenvalue weighted by Gasteiger charge is -2.32. The van der Waals surface area contributed by atoms with E-state index < -0.39 is 92.1 Å². The molecule has 0 fully saturated rings. The monoisotopic (exact) mass is 594 g/mol. The van der Waals surface area contributed by atoms with E-state index in [-0.39, 0.29) is 0 Å². The summed E-state index contributed by atoms with van der Waals surface area (Å²) in [7, 11) is 0. The second-order valence-corrected chi connectivity index (χ2v) is 7.01. The highest BCUT2D eigenvalue weighted by Gasteiger charge is 2.84. The fourth-order valence-corrected chi connectivity index (χ4v) is 2.09. The van der Waals surface area contributed by atoms with Crippen molar-refractivity contribution >= 4 is 11.8 Å². The van der Waals surface area contributed by atoms with Crippen LogP contribution in [-0.2, 0) is 9.59 Å². The number of carbonyl (C=O) groups is 2. The van der Waals surface area contributed by atoms with Gasteiger partial charge in [-0.2, -0.15) is 79.0 Å². The van der Waals surface area contributed by atoms with Crippen molar-refractivity contribution < 1.29 is 88.6 Å². The average Bonchev–Trinajstić information content (AvgIpc) is 2.70. The Labute approximate surface area is 192 Å². The van der Waals surface area contributed by atoms with Crippen molar-refractivity contribution in [3.63, 3.8) is 0 Å². The third-order valence-corrected chi connectivity index (χ3v) is 4.28. The zero-order chi connectivity index (χ0) is 30.1. The van der Waals surface area contributed by atoms with Crippen LogP contribution in [0.4, 0.5) is 79.0 Å². The summed E-state index contributed by atoms with van der Waals surface area (Å²) in [6.07, 6.45) is -16.3. The summed E-state index contributed by atoms with van der Waals surface area (Å²) in [6.45, 7) is -2.33. The molecule has 0 bridgehead atoms. The van der Waals surface area contributed by atoms with Gasteiger partial charge in [0.15, 0.2) is 0 Å². The van der Waals surface area contributed by atoms with Gasteiger partial charge in [0.2, 0.25) is 0 Å². The molecule has 0 aliphatic heterocycles. The number of hydrogen-bond donors (Lipinski definition) is 2. The van der Waals surface area contributed by atoms with Crippen LogP contribution in [0.3, 0.4) is 0 Å². The van der Waals surface area contributed by atoms with Crippen LogP contribution in [-0.4, -0.2) is 72.8 Å². The Bertz CT molecular complexity index is 751. The maximum Gasteiger partial charge on any atom is 0.460 e. The number of unbranched alkanes of at least 4 members (excludes halogenated alkanes) is 2. The number of alkyl halides is 18. The highest BCUT2D eigenvalue weighted by atomic mass is 19.4. The van der Waals surface area contributed by atoms with Gasteiger partial charge in [0.05, 0.1) is 0 Å². The van der Waals surface area contributed by atoms with Gasteiger partial charge in [-0.3, -0.25) is 9.59 Å². The molecule has 0 aliphatic carbocycles. The molecule has 0 atom stereocenters. The molecule has 37 heavy (non-hydrogen) atoms. The maximum atomic E-state index is 13.3. The zero-order valence-corrected chi connectivity index (χ0v) is 17.2. The van der Waals surface area contributed by atoms with Crippen LogP contribution in [0, 0.1) is 0 Å². The number of halogens is 18. The third-order valence-electron chi connectivity index (χ3n) is 4.28. The van der Waals surface area contributed by atoms with E-state index in [1.165, 1.54) is 0 Å². The quantitative estimate of drug-likeness (QED) is 0.238. The van der Waals surface area contributed by atoms with E-state index in [0.29, 0.717) is 0 Å². The molecule has 0 spiro atoms. The summed E-state index contributed by atoms with van der Waals surface area (Å²) in [5.41, 5.74) is 0. The summed E-state index contributed by atoms with van der Waals surface area (Å²) in [6, 6.07) is 0. The number of nitrogens with one attached hydrogen (secondary N) is 2. The van der Waals surface area contributed by atoms with Crippen molar-refractivity contribution in [3.8, 4) is 0 Å². The lowest BCUT2D eigenvalue weighted by Crippen LogP contribution is -2.65. The summed E-state index contributed by atoms with van der Waals surface area (Å²) in [5.74, 6) is -49.0. The molecular weight excluding hydrogens is 582 g/mol. The van der Waals surface area contributed by atoms with Gasteiger partial charge in [-0.1, -0.05) is 0 Å². The van der Waals surface area contributed by atoms with Crippen LogP contribution in [0.15, 0.2) is 0 Å². The van der Waals surface area contributed by atoms with Gasteiger partial charge in [-0.25, -0.2) is 0 Å². The molecule has 0 heterocycles. The minimum Gasteiger partial charge on any atom is -0.351 e. The summed E-state index contributed by atoms with van der Waals surface area (Å²) < 4.78 is 228. The number of hydrogen-bond acceptors (Lipinski definition) is 2. The van der Waals surface area contributed by atoms with Crippen molar-refractivity contribution in [3.05, 3.63) is 0 Å². The standard InChI is InChI=1S/C15H12F18N2O2/c16-8(17,10(20,21)12(24,25)14(28,29)30)6(36)34-4-2-1-3-5-35-7(37)9(18,19)11(22,23)13(26,27)15(31,32)33/h1-5H2,(H,34,36)(H,35,37). The van der Waals surface area contributed by atoms with Gasteiger partial charge in [-0.05, 0) is 19.3 Å². The van der Waals surface area contributed by atoms with Gasteiger partial charge in [-0.15, -0.1) is 0 Å². The molecule has 4 nitrogen and oxygen atoms in total. The van der Waals surface area contributed by atoms with Crippen molar-refractivity contribution in [2.75, 3.05) is 13.1 Å². The van der Waals surface area contributed by atoms with E-state index in [1.807, 2.05) is 0 Å². The Hall–Kier alpha value is -2.32. The Morgan fingerprint density at radius 1 is 0.405 bits per heavy atom. The molecule has 0 saturated carbocycles.